The molecule has 0 amide bonds. The first-order valence-electron chi connectivity index (χ1n) is 4.46. The fourth-order valence-corrected chi connectivity index (χ4v) is 1.39. The molecule has 1 N–H and O–H groups in total. The number of carboxylic acids is 1. The average Bonchev–Trinajstić information content (AvgIpc) is 2.16. The van der Waals surface area contributed by atoms with Crippen LogP contribution >= 0.6 is 11.6 Å². The molecule has 0 aliphatic heterocycles. The minimum absolute atomic E-state index is 0.0816. The van der Waals surface area contributed by atoms with Crippen molar-refractivity contribution < 1.29 is 14.3 Å². The van der Waals surface area contributed by atoms with Gasteiger partial charge >= 0.3 is 5.97 Å². The van der Waals surface area contributed by atoms with Crippen molar-refractivity contribution in [3.8, 4) is 0 Å². The SMILES string of the molecule is CCC(C)(C(=O)O)c1ncc(Cl)cc1F. The Morgan fingerprint density at radius 3 is 2.73 bits per heavy atom. The van der Waals surface area contributed by atoms with Gasteiger partial charge in [0.1, 0.15) is 11.2 Å². The van der Waals surface area contributed by atoms with Gasteiger partial charge in [-0.05, 0) is 19.4 Å². The normalized spacial score (nSPS) is 14.7. The van der Waals surface area contributed by atoms with Gasteiger partial charge in [0.15, 0.2) is 0 Å². The molecular weight excluding hydrogens is 221 g/mol. The Balaban J connectivity index is 3.30. The van der Waals surface area contributed by atoms with Crippen LogP contribution in [0, 0.1) is 5.82 Å². The highest BCUT2D eigenvalue weighted by molar-refractivity contribution is 6.30. The highest BCUT2D eigenvalue weighted by atomic mass is 35.5. The molecule has 0 fully saturated rings. The van der Waals surface area contributed by atoms with Crippen LogP contribution < -0.4 is 0 Å². The second-order valence-electron chi connectivity index (χ2n) is 3.47. The number of carboxylic acid groups (broad SMARTS) is 1. The van der Waals surface area contributed by atoms with Crippen molar-refractivity contribution in [2.24, 2.45) is 0 Å². The number of aliphatic carboxylic acids is 1. The van der Waals surface area contributed by atoms with Crippen LogP contribution in [-0.4, -0.2) is 16.1 Å². The zero-order valence-corrected chi connectivity index (χ0v) is 9.18. The largest absolute Gasteiger partial charge is 0.481 e. The average molecular weight is 232 g/mol. The first kappa shape index (κ1) is 11.9. The van der Waals surface area contributed by atoms with Gasteiger partial charge in [-0.25, -0.2) is 4.39 Å². The van der Waals surface area contributed by atoms with Crippen molar-refractivity contribution in [1.29, 1.82) is 0 Å². The van der Waals surface area contributed by atoms with Crippen LogP contribution in [0.4, 0.5) is 4.39 Å². The molecule has 0 saturated heterocycles. The molecule has 5 heteroatoms. The lowest BCUT2D eigenvalue weighted by Gasteiger charge is -2.22. The summed E-state index contributed by atoms with van der Waals surface area (Å²) in [5.74, 6) is -1.78. The summed E-state index contributed by atoms with van der Waals surface area (Å²) in [7, 11) is 0. The molecule has 1 atom stereocenters. The van der Waals surface area contributed by atoms with E-state index >= 15 is 0 Å². The molecular formula is C10H11ClFNO2. The summed E-state index contributed by atoms with van der Waals surface area (Å²) in [6.07, 6.45) is 1.50. The van der Waals surface area contributed by atoms with Crippen LogP contribution in [0.2, 0.25) is 5.02 Å². The summed E-state index contributed by atoms with van der Waals surface area (Å²) in [5, 5.41) is 9.19. The maximum atomic E-state index is 13.5. The van der Waals surface area contributed by atoms with E-state index in [1.807, 2.05) is 0 Å². The lowest BCUT2D eigenvalue weighted by Crippen LogP contribution is -2.33. The van der Waals surface area contributed by atoms with Gasteiger partial charge in [0.25, 0.3) is 0 Å². The molecule has 1 aromatic rings. The molecule has 0 aromatic carbocycles. The van der Waals surface area contributed by atoms with Gasteiger partial charge in [-0.2, -0.15) is 0 Å². The molecule has 0 spiro atoms. The number of hydrogen-bond acceptors (Lipinski definition) is 2. The fraction of sp³-hybridized carbons (Fsp3) is 0.400. The maximum absolute atomic E-state index is 13.5. The quantitative estimate of drug-likeness (QED) is 0.870. The smallest absolute Gasteiger partial charge is 0.315 e. The highest BCUT2D eigenvalue weighted by Gasteiger charge is 2.37. The number of carbonyl (C=O) groups is 1. The second-order valence-corrected chi connectivity index (χ2v) is 3.91. The third kappa shape index (κ3) is 2.09. The van der Waals surface area contributed by atoms with Crippen molar-refractivity contribution in [3.05, 3.63) is 28.8 Å². The van der Waals surface area contributed by atoms with Crippen LogP contribution in [0.15, 0.2) is 12.3 Å². The van der Waals surface area contributed by atoms with Gasteiger partial charge < -0.3 is 5.11 Å². The minimum Gasteiger partial charge on any atom is -0.481 e. The molecule has 1 rings (SSSR count). The highest BCUT2D eigenvalue weighted by Crippen LogP contribution is 2.29. The number of aromatic nitrogens is 1. The topological polar surface area (TPSA) is 50.2 Å². The van der Waals surface area contributed by atoms with Crippen LogP contribution in [0.25, 0.3) is 0 Å². The number of pyridine rings is 1. The molecule has 0 aliphatic rings. The Labute approximate surface area is 91.9 Å². The Kier molecular flexibility index (Phi) is 3.29. The van der Waals surface area contributed by atoms with Gasteiger partial charge in [-0.15, -0.1) is 0 Å². The standard InChI is InChI=1S/C10H11ClFNO2/c1-3-10(2,9(14)15)8-7(12)4-6(11)5-13-8/h4-5H,3H2,1-2H3,(H,14,15). The Morgan fingerprint density at radius 2 is 2.33 bits per heavy atom. The monoisotopic (exact) mass is 231 g/mol. The molecule has 1 aromatic heterocycles. The molecule has 3 nitrogen and oxygen atoms in total. The van der Waals surface area contributed by atoms with Crippen LogP contribution in [-0.2, 0) is 10.2 Å². The molecule has 0 bridgehead atoms. The van der Waals surface area contributed by atoms with Gasteiger partial charge in [-0.1, -0.05) is 18.5 Å². The van der Waals surface area contributed by atoms with E-state index in [9.17, 15) is 9.18 Å². The van der Waals surface area contributed by atoms with Gasteiger partial charge in [0.05, 0.1) is 10.7 Å². The predicted molar refractivity (Wildman–Crippen MR) is 54.5 cm³/mol. The predicted octanol–water partition coefficient (Wildman–Crippen LogP) is 2.63. The molecule has 1 heterocycles. The summed E-state index contributed by atoms with van der Waals surface area (Å²) in [6.45, 7) is 3.11. The number of hydrogen-bond donors (Lipinski definition) is 1. The summed E-state index contributed by atoms with van der Waals surface area (Å²) in [6, 6.07) is 1.07. The zero-order valence-electron chi connectivity index (χ0n) is 8.42. The molecule has 15 heavy (non-hydrogen) atoms. The lowest BCUT2D eigenvalue weighted by molar-refractivity contribution is -0.143. The van der Waals surface area contributed by atoms with Crippen LogP contribution in [0.5, 0.6) is 0 Å². The van der Waals surface area contributed by atoms with E-state index in [1.54, 1.807) is 6.92 Å². The summed E-state index contributed by atoms with van der Waals surface area (Å²) < 4.78 is 13.5. The van der Waals surface area contributed by atoms with Crippen LogP contribution in [0.3, 0.4) is 0 Å². The van der Waals surface area contributed by atoms with Crippen molar-refractivity contribution >= 4 is 17.6 Å². The molecule has 0 radical (unpaired) electrons. The minimum atomic E-state index is -1.31. The van der Waals surface area contributed by atoms with E-state index in [4.69, 9.17) is 16.7 Å². The van der Waals surface area contributed by atoms with Crippen molar-refractivity contribution in [2.45, 2.75) is 25.7 Å². The number of rotatable bonds is 3. The van der Waals surface area contributed by atoms with E-state index in [2.05, 4.69) is 4.98 Å². The van der Waals surface area contributed by atoms with E-state index < -0.39 is 17.2 Å². The maximum Gasteiger partial charge on any atom is 0.315 e. The van der Waals surface area contributed by atoms with E-state index in [1.165, 1.54) is 13.1 Å². The van der Waals surface area contributed by atoms with E-state index in [0.717, 1.165) is 6.07 Å². The Bertz CT molecular complexity index is 397. The van der Waals surface area contributed by atoms with Crippen molar-refractivity contribution in [1.82, 2.24) is 4.98 Å². The Morgan fingerprint density at radius 1 is 1.73 bits per heavy atom. The first-order valence-corrected chi connectivity index (χ1v) is 4.84. The van der Waals surface area contributed by atoms with Gasteiger partial charge in [-0.3, -0.25) is 9.78 Å². The number of nitrogens with zero attached hydrogens (tertiary/aromatic N) is 1. The Hall–Kier alpha value is -1.16. The fourth-order valence-electron chi connectivity index (χ4n) is 1.24. The van der Waals surface area contributed by atoms with E-state index in [-0.39, 0.29) is 17.1 Å². The summed E-state index contributed by atoms with van der Waals surface area (Å²) >= 11 is 5.54. The molecule has 1 unspecified atom stereocenters. The third-order valence-electron chi connectivity index (χ3n) is 2.51. The van der Waals surface area contributed by atoms with Gasteiger partial charge in [0.2, 0.25) is 0 Å². The molecule has 0 saturated carbocycles. The molecule has 0 aliphatic carbocycles. The summed E-state index contributed by atoms with van der Waals surface area (Å²) in [5.41, 5.74) is -1.39. The van der Waals surface area contributed by atoms with Crippen molar-refractivity contribution in [3.63, 3.8) is 0 Å². The third-order valence-corrected chi connectivity index (χ3v) is 2.72. The van der Waals surface area contributed by atoms with Crippen molar-refractivity contribution in [2.75, 3.05) is 0 Å². The first-order chi connectivity index (χ1) is 6.91. The second kappa shape index (κ2) is 4.14. The van der Waals surface area contributed by atoms with Gasteiger partial charge in [0, 0.05) is 6.20 Å². The summed E-state index contributed by atoms with van der Waals surface area (Å²) in [4.78, 5) is 14.8. The lowest BCUT2D eigenvalue weighted by atomic mass is 9.83. The number of halogens is 2. The molecule has 82 valence electrons. The van der Waals surface area contributed by atoms with E-state index in [0.29, 0.717) is 0 Å². The zero-order chi connectivity index (χ0) is 11.6. The van der Waals surface area contributed by atoms with Crippen LogP contribution in [0.1, 0.15) is 26.0 Å².